The molecule has 1 aliphatic heterocycles. The van der Waals surface area contributed by atoms with Gasteiger partial charge < -0.3 is 10.6 Å². The van der Waals surface area contributed by atoms with Gasteiger partial charge in [-0.25, -0.2) is 4.98 Å². The van der Waals surface area contributed by atoms with Gasteiger partial charge in [0.2, 0.25) is 5.91 Å². The highest BCUT2D eigenvalue weighted by Crippen LogP contribution is 2.31. The monoisotopic (exact) mass is 375 g/mol. The van der Waals surface area contributed by atoms with Crippen molar-refractivity contribution in [3.05, 3.63) is 50.8 Å². The highest BCUT2D eigenvalue weighted by molar-refractivity contribution is 7.12. The molecule has 0 saturated heterocycles. The zero-order valence-electron chi connectivity index (χ0n) is 14.4. The predicted octanol–water partition coefficient (Wildman–Crippen LogP) is 4.26. The molecule has 4 nitrogen and oxygen atoms in total. The molecule has 3 rings (SSSR count). The van der Waals surface area contributed by atoms with E-state index in [0.717, 1.165) is 52.6 Å². The molecule has 6 heteroatoms. The zero-order valence-corrected chi connectivity index (χ0v) is 16.0. The molecule has 0 bridgehead atoms. The molecule has 0 fully saturated rings. The lowest BCUT2D eigenvalue weighted by Crippen LogP contribution is -2.28. The quantitative estimate of drug-likeness (QED) is 0.839. The molecule has 1 amide bonds. The molecule has 1 atom stereocenters. The first-order valence-corrected chi connectivity index (χ1v) is 9.68. The molecule has 2 heterocycles. The Balaban J connectivity index is 1.73. The Bertz CT molecular complexity index is 782. The van der Waals surface area contributed by atoms with Crippen molar-refractivity contribution in [1.82, 2.24) is 15.6 Å². The van der Waals surface area contributed by atoms with E-state index in [1.54, 1.807) is 11.3 Å². The van der Waals surface area contributed by atoms with Crippen LogP contribution >= 0.6 is 22.9 Å². The molecular weight excluding hydrogens is 354 g/mol. The van der Waals surface area contributed by atoms with E-state index in [4.69, 9.17) is 16.6 Å². The first kappa shape index (κ1) is 18.1. The number of halogens is 1. The van der Waals surface area contributed by atoms with Gasteiger partial charge in [-0.2, -0.15) is 0 Å². The van der Waals surface area contributed by atoms with E-state index in [1.807, 2.05) is 37.3 Å². The molecule has 1 aromatic carbocycles. The van der Waals surface area contributed by atoms with E-state index in [-0.39, 0.29) is 11.9 Å². The van der Waals surface area contributed by atoms with E-state index in [2.05, 4.69) is 17.6 Å². The Morgan fingerprint density at radius 2 is 2.08 bits per heavy atom. The van der Waals surface area contributed by atoms with Crippen LogP contribution in [0.1, 0.15) is 35.7 Å². The highest BCUT2D eigenvalue weighted by atomic mass is 35.5. The summed E-state index contributed by atoms with van der Waals surface area (Å²) in [4.78, 5) is 18.4. The summed E-state index contributed by atoms with van der Waals surface area (Å²) in [6, 6.07) is 7.57. The minimum absolute atomic E-state index is 0.0112. The van der Waals surface area contributed by atoms with Crippen molar-refractivity contribution in [1.29, 1.82) is 0 Å². The summed E-state index contributed by atoms with van der Waals surface area (Å²) >= 11 is 7.59. The Hall–Kier alpha value is -1.69. The fraction of sp³-hybridized carbons (Fsp3) is 0.368. The van der Waals surface area contributed by atoms with E-state index >= 15 is 0 Å². The number of hydrogen-bond acceptors (Lipinski definition) is 4. The van der Waals surface area contributed by atoms with Crippen molar-refractivity contribution in [3.8, 4) is 11.3 Å². The summed E-state index contributed by atoms with van der Waals surface area (Å²) in [5, 5.41) is 8.02. The first-order valence-electron chi connectivity index (χ1n) is 8.48. The third-order valence-corrected chi connectivity index (χ3v) is 5.63. The maximum atomic E-state index is 12.5. The van der Waals surface area contributed by atoms with Gasteiger partial charge in [-0.3, -0.25) is 4.79 Å². The molecule has 25 heavy (non-hydrogen) atoms. The van der Waals surface area contributed by atoms with Gasteiger partial charge in [-0.1, -0.05) is 29.8 Å². The Kier molecular flexibility index (Phi) is 5.89. The van der Waals surface area contributed by atoms with Crippen LogP contribution in [0.5, 0.6) is 0 Å². The van der Waals surface area contributed by atoms with Crippen molar-refractivity contribution < 1.29 is 4.79 Å². The number of thiazole rings is 1. The third kappa shape index (κ3) is 4.48. The summed E-state index contributed by atoms with van der Waals surface area (Å²) in [6.07, 6.45) is 3.70. The number of amides is 1. The normalized spacial score (nSPS) is 16.0. The highest BCUT2D eigenvalue weighted by Gasteiger charge is 2.19. The lowest BCUT2D eigenvalue weighted by Gasteiger charge is -2.13. The van der Waals surface area contributed by atoms with Gasteiger partial charge >= 0.3 is 0 Å². The van der Waals surface area contributed by atoms with Crippen LogP contribution in [0, 0.1) is 6.92 Å². The van der Waals surface area contributed by atoms with Crippen LogP contribution in [0.15, 0.2) is 35.9 Å². The standard InChI is InChI=1S/C19H22ClN3OS/c1-12(22-18(24)15-4-3-10-21-11-9-15)19-23-17(13(2)25-19)14-5-7-16(20)8-6-14/h4-8,12,21H,3,9-11H2,1-2H3,(H,22,24). The second kappa shape index (κ2) is 8.13. The lowest BCUT2D eigenvalue weighted by molar-refractivity contribution is -0.118. The second-order valence-corrected chi connectivity index (χ2v) is 7.85. The fourth-order valence-corrected chi connectivity index (χ4v) is 3.91. The molecule has 0 spiro atoms. The topological polar surface area (TPSA) is 54.0 Å². The summed E-state index contributed by atoms with van der Waals surface area (Å²) in [7, 11) is 0. The van der Waals surface area contributed by atoms with Gasteiger partial charge in [-0.05, 0) is 51.9 Å². The van der Waals surface area contributed by atoms with Crippen LogP contribution in [0.25, 0.3) is 11.3 Å². The average molecular weight is 376 g/mol. The van der Waals surface area contributed by atoms with Crippen LogP contribution in [0.4, 0.5) is 0 Å². The first-order chi connectivity index (χ1) is 12.0. The Morgan fingerprint density at radius 3 is 2.84 bits per heavy atom. The van der Waals surface area contributed by atoms with Crippen molar-refractivity contribution in [2.24, 2.45) is 0 Å². The van der Waals surface area contributed by atoms with Gasteiger partial charge in [0.05, 0.1) is 11.7 Å². The van der Waals surface area contributed by atoms with Crippen LogP contribution in [-0.2, 0) is 4.79 Å². The number of carbonyl (C=O) groups excluding carboxylic acids is 1. The molecule has 1 aliphatic rings. The van der Waals surface area contributed by atoms with Gasteiger partial charge in [-0.15, -0.1) is 11.3 Å². The molecule has 1 unspecified atom stereocenters. The summed E-state index contributed by atoms with van der Waals surface area (Å²) in [5.41, 5.74) is 2.86. The fourth-order valence-electron chi connectivity index (χ4n) is 2.83. The van der Waals surface area contributed by atoms with Crippen LogP contribution in [0.3, 0.4) is 0 Å². The predicted molar refractivity (Wildman–Crippen MR) is 104 cm³/mol. The van der Waals surface area contributed by atoms with Gasteiger partial charge in [0.15, 0.2) is 0 Å². The molecule has 132 valence electrons. The van der Waals surface area contributed by atoms with Crippen LogP contribution < -0.4 is 10.6 Å². The molecule has 0 saturated carbocycles. The molecule has 0 radical (unpaired) electrons. The summed E-state index contributed by atoms with van der Waals surface area (Å²) in [6.45, 7) is 5.82. The average Bonchev–Trinajstić information content (AvgIpc) is 2.81. The molecular formula is C19H22ClN3OS. The maximum absolute atomic E-state index is 12.5. The lowest BCUT2D eigenvalue weighted by atomic mass is 10.1. The number of aromatic nitrogens is 1. The Labute approximate surface area is 157 Å². The van der Waals surface area contributed by atoms with Gasteiger partial charge in [0, 0.05) is 21.0 Å². The van der Waals surface area contributed by atoms with E-state index < -0.39 is 0 Å². The van der Waals surface area contributed by atoms with E-state index in [9.17, 15) is 4.79 Å². The number of benzene rings is 1. The summed E-state index contributed by atoms with van der Waals surface area (Å²) < 4.78 is 0. The molecule has 0 aliphatic carbocycles. The largest absolute Gasteiger partial charge is 0.343 e. The van der Waals surface area contributed by atoms with Gasteiger partial charge in [0.1, 0.15) is 5.01 Å². The van der Waals surface area contributed by atoms with Crippen LogP contribution in [0.2, 0.25) is 5.02 Å². The zero-order chi connectivity index (χ0) is 17.8. The number of rotatable bonds is 4. The Morgan fingerprint density at radius 1 is 1.32 bits per heavy atom. The minimum atomic E-state index is -0.116. The van der Waals surface area contributed by atoms with Crippen molar-refractivity contribution in [3.63, 3.8) is 0 Å². The maximum Gasteiger partial charge on any atom is 0.247 e. The number of nitrogens with one attached hydrogen (secondary N) is 2. The third-order valence-electron chi connectivity index (χ3n) is 4.22. The van der Waals surface area contributed by atoms with Crippen LogP contribution in [-0.4, -0.2) is 24.0 Å². The van der Waals surface area contributed by atoms with Crippen molar-refractivity contribution in [2.75, 3.05) is 13.1 Å². The molecule has 1 aromatic heterocycles. The van der Waals surface area contributed by atoms with E-state index in [0.29, 0.717) is 5.02 Å². The second-order valence-electron chi connectivity index (χ2n) is 6.18. The smallest absolute Gasteiger partial charge is 0.247 e. The molecule has 2 N–H and O–H groups in total. The van der Waals surface area contributed by atoms with Crippen molar-refractivity contribution >= 4 is 28.8 Å². The molecule has 2 aromatic rings. The van der Waals surface area contributed by atoms with E-state index in [1.165, 1.54) is 0 Å². The van der Waals surface area contributed by atoms with Gasteiger partial charge in [0.25, 0.3) is 0 Å². The SMILES string of the molecule is Cc1sc(C(C)NC(=O)C2=CCCNCC2)nc1-c1ccc(Cl)cc1. The van der Waals surface area contributed by atoms with Crippen molar-refractivity contribution in [2.45, 2.75) is 32.7 Å². The number of nitrogens with zero attached hydrogens (tertiary/aromatic N) is 1. The number of hydrogen-bond donors (Lipinski definition) is 2. The number of carbonyl (C=O) groups is 1. The number of aryl methyl sites for hydroxylation is 1. The minimum Gasteiger partial charge on any atom is -0.343 e. The summed E-state index contributed by atoms with van der Waals surface area (Å²) in [5.74, 6) is 0.0112.